The summed E-state index contributed by atoms with van der Waals surface area (Å²) < 4.78 is 7.60. The maximum atomic E-state index is 5.61. The quantitative estimate of drug-likeness (QED) is 0.917. The van der Waals surface area contributed by atoms with Crippen molar-refractivity contribution in [1.82, 2.24) is 15.1 Å². The van der Waals surface area contributed by atoms with Gasteiger partial charge in [-0.2, -0.15) is 5.10 Å². The standard InChI is InChI=1S/C15H23N3O/c1-11-6-7-14(19-11)12(2)16-8-13-9-17-18(10-13)15(3,4)5/h6-7,9-10,12,16H,8H2,1-5H3. The van der Waals surface area contributed by atoms with E-state index in [4.69, 9.17) is 4.42 Å². The highest BCUT2D eigenvalue weighted by Gasteiger charge is 2.14. The van der Waals surface area contributed by atoms with Crippen molar-refractivity contribution in [2.75, 3.05) is 0 Å². The molecule has 1 unspecified atom stereocenters. The monoisotopic (exact) mass is 261 g/mol. The summed E-state index contributed by atoms with van der Waals surface area (Å²) in [6.07, 6.45) is 4.01. The summed E-state index contributed by atoms with van der Waals surface area (Å²) >= 11 is 0. The summed E-state index contributed by atoms with van der Waals surface area (Å²) in [7, 11) is 0. The first kappa shape index (κ1) is 13.9. The molecule has 0 saturated carbocycles. The summed E-state index contributed by atoms with van der Waals surface area (Å²) in [5.41, 5.74) is 1.21. The third-order valence-corrected chi connectivity index (χ3v) is 3.12. The summed E-state index contributed by atoms with van der Waals surface area (Å²) in [6.45, 7) is 11.3. The van der Waals surface area contributed by atoms with Gasteiger partial charge in [0.15, 0.2) is 0 Å². The fourth-order valence-corrected chi connectivity index (χ4v) is 1.88. The van der Waals surface area contributed by atoms with Crippen LogP contribution < -0.4 is 5.32 Å². The van der Waals surface area contributed by atoms with E-state index in [0.29, 0.717) is 0 Å². The lowest BCUT2D eigenvalue weighted by molar-refractivity contribution is 0.355. The zero-order valence-corrected chi connectivity index (χ0v) is 12.4. The summed E-state index contributed by atoms with van der Waals surface area (Å²) in [4.78, 5) is 0. The smallest absolute Gasteiger partial charge is 0.120 e. The van der Waals surface area contributed by atoms with E-state index in [0.717, 1.165) is 18.1 Å². The molecule has 104 valence electrons. The molecule has 0 fully saturated rings. The minimum absolute atomic E-state index is 0.0298. The molecule has 1 atom stereocenters. The second-order valence-electron chi connectivity index (χ2n) is 6.01. The number of nitrogens with one attached hydrogen (secondary N) is 1. The zero-order chi connectivity index (χ0) is 14.0. The Morgan fingerprint density at radius 3 is 2.63 bits per heavy atom. The molecule has 19 heavy (non-hydrogen) atoms. The molecule has 0 spiro atoms. The molecule has 0 saturated heterocycles. The first-order chi connectivity index (χ1) is 8.86. The van der Waals surface area contributed by atoms with Crippen LogP contribution in [0.4, 0.5) is 0 Å². The minimum Gasteiger partial charge on any atom is -0.465 e. The molecule has 0 aromatic carbocycles. The van der Waals surface area contributed by atoms with Gasteiger partial charge in [0, 0.05) is 18.3 Å². The SMILES string of the molecule is Cc1ccc(C(C)NCc2cnn(C(C)(C)C)c2)o1. The van der Waals surface area contributed by atoms with Gasteiger partial charge >= 0.3 is 0 Å². The molecule has 0 aliphatic heterocycles. The first-order valence-corrected chi connectivity index (χ1v) is 6.70. The third-order valence-electron chi connectivity index (χ3n) is 3.12. The number of aryl methyl sites for hydroxylation is 1. The van der Waals surface area contributed by atoms with Crippen molar-refractivity contribution in [3.8, 4) is 0 Å². The highest BCUT2D eigenvalue weighted by Crippen LogP contribution is 2.17. The lowest BCUT2D eigenvalue weighted by Gasteiger charge is -2.18. The fourth-order valence-electron chi connectivity index (χ4n) is 1.88. The van der Waals surface area contributed by atoms with E-state index in [2.05, 4.69) is 44.3 Å². The highest BCUT2D eigenvalue weighted by atomic mass is 16.3. The number of nitrogens with zero attached hydrogens (tertiary/aromatic N) is 2. The van der Waals surface area contributed by atoms with Gasteiger partial charge in [-0.1, -0.05) is 0 Å². The van der Waals surface area contributed by atoms with Crippen LogP contribution in [-0.2, 0) is 12.1 Å². The van der Waals surface area contributed by atoms with Gasteiger partial charge in [0.2, 0.25) is 0 Å². The Kier molecular flexibility index (Phi) is 3.80. The van der Waals surface area contributed by atoms with Gasteiger partial charge < -0.3 is 9.73 Å². The molecule has 2 aromatic heterocycles. The fraction of sp³-hybridized carbons (Fsp3) is 0.533. The molecule has 2 rings (SSSR count). The Morgan fingerprint density at radius 2 is 2.11 bits per heavy atom. The van der Waals surface area contributed by atoms with Gasteiger partial charge in [-0.3, -0.25) is 4.68 Å². The Bertz CT molecular complexity index is 534. The molecule has 0 aliphatic carbocycles. The van der Waals surface area contributed by atoms with Gasteiger partial charge in [0.1, 0.15) is 11.5 Å². The van der Waals surface area contributed by atoms with Gasteiger partial charge in [-0.15, -0.1) is 0 Å². The van der Waals surface area contributed by atoms with Crippen LogP contribution in [0.2, 0.25) is 0 Å². The van der Waals surface area contributed by atoms with Crippen molar-refractivity contribution in [3.63, 3.8) is 0 Å². The minimum atomic E-state index is 0.0298. The average Bonchev–Trinajstić information content (AvgIpc) is 2.93. The van der Waals surface area contributed by atoms with Crippen molar-refractivity contribution in [3.05, 3.63) is 41.6 Å². The highest BCUT2D eigenvalue weighted by molar-refractivity contribution is 5.10. The van der Waals surface area contributed by atoms with Gasteiger partial charge in [-0.05, 0) is 46.8 Å². The number of furan rings is 1. The number of rotatable bonds is 4. The van der Waals surface area contributed by atoms with E-state index in [-0.39, 0.29) is 11.6 Å². The Labute approximate surface area is 114 Å². The van der Waals surface area contributed by atoms with Crippen molar-refractivity contribution in [2.45, 2.75) is 52.7 Å². The maximum absolute atomic E-state index is 5.61. The molecule has 1 N–H and O–H groups in total. The largest absolute Gasteiger partial charge is 0.465 e. The first-order valence-electron chi connectivity index (χ1n) is 6.70. The third kappa shape index (κ3) is 3.47. The van der Waals surface area contributed by atoms with Crippen LogP contribution in [0.5, 0.6) is 0 Å². The zero-order valence-electron chi connectivity index (χ0n) is 12.4. The van der Waals surface area contributed by atoms with Crippen LogP contribution in [0.3, 0.4) is 0 Å². The van der Waals surface area contributed by atoms with Crippen molar-refractivity contribution in [2.24, 2.45) is 0 Å². The summed E-state index contributed by atoms with van der Waals surface area (Å²) in [6, 6.07) is 4.21. The summed E-state index contributed by atoms with van der Waals surface area (Å²) in [5, 5.41) is 7.84. The van der Waals surface area contributed by atoms with Crippen LogP contribution in [0.1, 0.15) is 50.8 Å². The van der Waals surface area contributed by atoms with E-state index in [1.807, 2.05) is 29.9 Å². The average molecular weight is 261 g/mol. The Balaban J connectivity index is 1.94. The van der Waals surface area contributed by atoms with E-state index in [1.54, 1.807) is 0 Å². The van der Waals surface area contributed by atoms with Crippen molar-refractivity contribution >= 4 is 0 Å². The van der Waals surface area contributed by atoms with E-state index < -0.39 is 0 Å². The van der Waals surface area contributed by atoms with Crippen molar-refractivity contribution in [1.29, 1.82) is 0 Å². The molecule has 0 bridgehead atoms. The second kappa shape index (κ2) is 5.21. The topological polar surface area (TPSA) is 43.0 Å². The number of hydrogen-bond donors (Lipinski definition) is 1. The molecule has 0 amide bonds. The Hall–Kier alpha value is -1.55. The second-order valence-corrected chi connectivity index (χ2v) is 6.01. The van der Waals surface area contributed by atoms with Crippen LogP contribution >= 0.6 is 0 Å². The number of aromatic nitrogens is 2. The molecule has 4 nitrogen and oxygen atoms in total. The molecule has 0 radical (unpaired) electrons. The predicted octanol–water partition coefficient (Wildman–Crippen LogP) is 3.39. The lowest BCUT2D eigenvalue weighted by atomic mass is 10.1. The van der Waals surface area contributed by atoms with Gasteiger partial charge in [-0.25, -0.2) is 0 Å². The molecular formula is C15H23N3O. The van der Waals surface area contributed by atoms with E-state index in [1.165, 1.54) is 5.56 Å². The van der Waals surface area contributed by atoms with Crippen molar-refractivity contribution < 1.29 is 4.42 Å². The number of hydrogen-bond acceptors (Lipinski definition) is 3. The lowest BCUT2D eigenvalue weighted by Crippen LogP contribution is -2.22. The van der Waals surface area contributed by atoms with Gasteiger partial charge in [0.25, 0.3) is 0 Å². The van der Waals surface area contributed by atoms with Crippen LogP contribution in [-0.4, -0.2) is 9.78 Å². The molecule has 2 aromatic rings. The van der Waals surface area contributed by atoms with Crippen LogP contribution in [0.15, 0.2) is 28.9 Å². The molecule has 4 heteroatoms. The summed E-state index contributed by atoms with van der Waals surface area (Å²) in [5.74, 6) is 1.92. The Morgan fingerprint density at radius 1 is 1.37 bits per heavy atom. The molecule has 0 aliphatic rings. The van der Waals surface area contributed by atoms with Gasteiger partial charge in [0.05, 0.1) is 17.8 Å². The van der Waals surface area contributed by atoms with Crippen LogP contribution in [0, 0.1) is 6.92 Å². The molecule has 2 heterocycles. The van der Waals surface area contributed by atoms with E-state index in [9.17, 15) is 0 Å². The maximum Gasteiger partial charge on any atom is 0.120 e. The van der Waals surface area contributed by atoms with Crippen LogP contribution in [0.25, 0.3) is 0 Å². The predicted molar refractivity (Wildman–Crippen MR) is 75.9 cm³/mol. The molecular weight excluding hydrogens is 238 g/mol. The van der Waals surface area contributed by atoms with E-state index >= 15 is 0 Å². The normalized spacial score (nSPS) is 13.7.